The van der Waals surface area contributed by atoms with Crippen LogP contribution in [0.1, 0.15) is 5.56 Å². The molecule has 0 saturated heterocycles. The average Bonchev–Trinajstić information content (AvgIpc) is 2.73. The molecule has 92 valence electrons. The Balaban J connectivity index is 2.36. The fraction of sp³-hybridized carbons (Fsp3) is 0.118. The van der Waals surface area contributed by atoms with Gasteiger partial charge in [-0.2, -0.15) is 4.40 Å². The molecule has 0 aliphatic carbocycles. The molecule has 0 aliphatic rings. The lowest BCUT2D eigenvalue weighted by Gasteiger charge is -1.99. The molecular formula is C17H15N2+. The summed E-state index contributed by atoms with van der Waals surface area (Å²) in [5, 5.41) is 2.60. The summed E-state index contributed by atoms with van der Waals surface area (Å²) in [6.07, 6.45) is 2.16. The molecule has 0 fully saturated rings. The highest BCUT2D eigenvalue weighted by Crippen LogP contribution is 2.23. The first-order valence-corrected chi connectivity index (χ1v) is 6.54. The van der Waals surface area contributed by atoms with Gasteiger partial charge in [0.2, 0.25) is 0 Å². The molecule has 4 aromatic rings. The first kappa shape index (κ1) is 10.6. The Morgan fingerprint density at radius 3 is 2.74 bits per heavy atom. The number of hydrogen-bond donors (Lipinski definition) is 0. The van der Waals surface area contributed by atoms with E-state index in [0.29, 0.717) is 0 Å². The molecule has 0 amide bonds. The first-order chi connectivity index (χ1) is 9.25. The molecule has 0 radical (unpaired) electrons. The number of rotatable bonds is 0. The lowest BCUT2D eigenvalue weighted by molar-refractivity contribution is -0.617. The number of aryl methyl sites for hydroxylation is 2. The van der Waals surface area contributed by atoms with Crippen molar-refractivity contribution < 1.29 is 4.57 Å². The second kappa shape index (κ2) is 3.58. The third kappa shape index (κ3) is 1.34. The number of benzene rings is 2. The Morgan fingerprint density at radius 2 is 1.84 bits per heavy atom. The van der Waals surface area contributed by atoms with Gasteiger partial charge >= 0.3 is 0 Å². The zero-order valence-corrected chi connectivity index (χ0v) is 11.1. The van der Waals surface area contributed by atoms with Gasteiger partial charge in [0.1, 0.15) is 0 Å². The molecule has 2 heterocycles. The highest BCUT2D eigenvalue weighted by molar-refractivity contribution is 5.95. The maximum atomic E-state index is 2.27. The van der Waals surface area contributed by atoms with E-state index in [1.165, 1.54) is 33.0 Å². The Hall–Kier alpha value is -2.35. The van der Waals surface area contributed by atoms with E-state index in [2.05, 4.69) is 77.7 Å². The SMILES string of the molecule is Cc1ccc2ccn3c4ccccc4[n+](C)c3c2c1. The van der Waals surface area contributed by atoms with Crippen LogP contribution in [0, 0.1) is 6.92 Å². The van der Waals surface area contributed by atoms with E-state index in [9.17, 15) is 0 Å². The zero-order chi connectivity index (χ0) is 13.0. The summed E-state index contributed by atoms with van der Waals surface area (Å²) in [5.41, 5.74) is 5.06. The van der Waals surface area contributed by atoms with Crippen LogP contribution in [0.25, 0.3) is 27.5 Å². The van der Waals surface area contributed by atoms with Crippen LogP contribution in [0.3, 0.4) is 0 Å². The van der Waals surface area contributed by atoms with Crippen molar-refractivity contribution in [2.75, 3.05) is 0 Å². The van der Waals surface area contributed by atoms with Gasteiger partial charge in [-0.25, -0.2) is 4.57 Å². The topological polar surface area (TPSA) is 8.29 Å². The van der Waals surface area contributed by atoms with Crippen molar-refractivity contribution in [2.45, 2.75) is 6.92 Å². The minimum atomic E-state index is 1.25. The van der Waals surface area contributed by atoms with Gasteiger partial charge in [0.05, 0.1) is 18.6 Å². The zero-order valence-electron chi connectivity index (χ0n) is 11.1. The summed E-state index contributed by atoms with van der Waals surface area (Å²) < 4.78 is 4.55. The van der Waals surface area contributed by atoms with Gasteiger partial charge in [0, 0.05) is 0 Å². The highest BCUT2D eigenvalue weighted by atomic mass is 15.1. The summed E-state index contributed by atoms with van der Waals surface area (Å²) in [6, 6.07) is 17.3. The molecule has 0 atom stereocenters. The van der Waals surface area contributed by atoms with Crippen LogP contribution in [-0.2, 0) is 7.05 Å². The molecule has 2 nitrogen and oxygen atoms in total. The molecule has 2 heteroatoms. The van der Waals surface area contributed by atoms with E-state index in [1.54, 1.807) is 0 Å². The predicted molar refractivity (Wildman–Crippen MR) is 78.3 cm³/mol. The van der Waals surface area contributed by atoms with Gasteiger partial charge < -0.3 is 0 Å². The Kier molecular flexibility index (Phi) is 1.99. The number of hydrogen-bond acceptors (Lipinski definition) is 0. The molecule has 0 spiro atoms. The normalized spacial score (nSPS) is 11.7. The van der Waals surface area contributed by atoms with Gasteiger partial charge in [-0.05, 0) is 36.6 Å². The largest absolute Gasteiger partial charge is 0.294 e. The Bertz CT molecular complexity index is 932. The van der Waals surface area contributed by atoms with Gasteiger partial charge in [-0.1, -0.05) is 29.8 Å². The lowest BCUT2D eigenvalue weighted by Crippen LogP contribution is -2.27. The molecule has 4 rings (SSSR count). The monoisotopic (exact) mass is 247 g/mol. The Labute approximate surface area is 111 Å². The van der Waals surface area contributed by atoms with Crippen molar-refractivity contribution in [3.8, 4) is 0 Å². The summed E-state index contributed by atoms with van der Waals surface area (Å²) in [5.74, 6) is 0. The molecule has 2 aromatic heterocycles. The third-order valence-corrected chi connectivity index (χ3v) is 3.90. The smallest absolute Gasteiger partial charge is 0.225 e. The van der Waals surface area contributed by atoms with E-state index in [-0.39, 0.29) is 0 Å². The number of pyridine rings is 1. The molecule has 0 bridgehead atoms. The van der Waals surface area contributed by atoms with E-state index in [4.69, 9.17) is 0 Å². The molecule has 0 aliphatic heterocycles. The quantitative estimate of drug-likeness (QED) is 0.421. The first-order valence-electron chi connectivity index (χ1n) is 6.54. The van der Waals surface area contributed by atoms with Gasteiger partial charge in [0.25, 0.3) is 5.65 Å². The number of fused-ring (bicyclic) bond motifs is 5. The van der Waals surface area contributed by atoms with Crippen molar-refractivity contribution in [1.29, 1.82) is 0 Å². The van der Waals surface area contributed by atoms with E-state index in [0.717, 1.165) is 0 Å². The van der Waals surface area contributed by atoms with Gasteiger partial charge in [-0.3, -0.25) is 0 Å². The van der Waals surface area contributed by atoms with Crippen molar-refractivity contribution in [2.24, 2.45) is 7.05 Å². The Morgan fingerprint density at radius 1 is 1.00 bits per heavy atom. The maximum Gasteiger partial charge on any atom is 0.294 e. The van der Waals surface area contributed by atoms with E-state index in [1.807, 2.05) is 0 Å². The molecule has 0 unspecified atom stereocenters. The minimum absolute atomic E-state index is 1.25. The average molecular weight is 247 g/mol. The number of nitrogens with zero attached hydrogens (tertiary/aromatic N) is 2. The third-order valence-electron chi connectivity index (χ3n) is 3.90. The van der Waals surface area contributed by atoms with Crippen LogP contribution in [0.5, 0.6) is 0 Å². The van der Waals surface area contributed by atoms with Crippen LogP contribution < -0.4 is 4.57 Å². The van der Waals surface area contributed by atoms with Gasteiger partial charge in [0.15, 0.2) is 11.0 Å². The molecule has 19 heavy (non-hydrogen) atoms. The maximum absolute atomic E-state index is 2.27. The second-order valence-corrected chi connectivity index (χ2v) is 5.15. The van der Waals surface area contributed by atoms with Crippen molar-refractivity contribution in [3.05, 3.63) is 60.3 Å². The second-order valence-electron chi connectivity index (χ2n) is 5.15. The van der Waals surface area contributed by atoms with Crippen LogP contribution in [-0.4, -0.2) is 4.40 Å². The summed E-state index contributed by atoms with van der Waals surface area (Å²) >= 11 is 0. The van der Waals surface area contributed by atoms with E-state index < -0.39 is 0 Å². The molecule has 2 aromatic carbocycles. The molecule has 0 saturated carbocycles. The summed E-state index contributed by atoms with van der Waals surface area (Å²) in [6.45, 7) is 2.14. The van der Waals surface area contributed by atoms with E-state index >= 15 is 0 Å². The number of aromatic nitrogens is 2. The van der Waals surface area contributed by atoms with Crippen LogP contribution >= 0.6 is 0 Å². The number of imidazole rings is 1. The highest BCUT2D eigenvalue weighted by Gasteiger charge is 2.18. The molecule has 0 N–H and O–H groups in total. The predicted octanol–water partition coefficient (Wildman–Crippen LogP) is 3.38. The fourth-order valence-electron chi connectivity index (χ4n) is 2.97. The van der Waals surface area contributed by atoms with Crippen molar-refractivity contribution in [1.82, 2.24) is 4.40 Å². The van der Waals surface area contributed by atoms with Crippen LogP contribution in [0.15, 0.2) is 54.7 Å². The standard InChI is InChI=1S/C17H15N2/c1-12-7-8-13-9-10-19-16-6-4-3-5-15(16)18(2)17(19)14(13)11-12/h3-11H,1-2H3/q+1. The minimum Gasteiger partial charge on any atom is -0.225 e. The summed E-state index contributed by atoms with van der Waals surface area (Å²) in [7, 11) is 2.14. The molecular weight excluding hydrogens is 232 g/mol. The van der Waals surface area contributed by atoms with Crippen molar-refractivity contribution >= 4 is 27.5 Å². The van der Waals surface area contributed by atoms with Gasteiger partial charge in [-0.15, -0.1) is 0 Å². The van der Waals surface area contributed by atoms with Crippen LogP contribution in [0.4, 0.5) is 0 Å². The van der Waals surface area contributed by atoms with Crippen LogP contribution in [0.2, 0.25) is 0 Å². The number of para-hydroxylation sites is 2. The summed E-state index contributed by atoms with van der Waals surface area (Å²) in [4.78, 5) is 0. The lowest BCUT2D eigenvalue weighted by atomic mass is 10.1. The fourth-order valence-corrected chi connectivity index (χ4v) is 2.97. The van der Waals surface area contributed by atoms with Crippen molar-refractivity contribution in [3.63, 3.8) is 0 Å².